The number of carbonyl (C=O) groups excluding carboxylic acids is 1. The van der Waals surface area contributed by atoms with Crippen molar-refractivity contribution in [2.75, 3.05) is 13.1 Å². The Kier molecular flexibility index (Phi) is 6.52. The van der Waals surface area contributed by atoms with E-state index >= 15 is 0 Å². The summed E-state index contributed by atoms with van der Waals surface area (Å²) in [5, 5.41) is 0. The molecule has 0 amide bonds. The van der Waals surface area contributed by atoms with Gasteiger partial charge in [0.2, 0.25) is 0 Å². The van der Waals surface area contributed by atoms with Gasteiger partial charge in [0, 0.05) is 19.5 Å². The van der Waals surface area contributed by atoms with Gasteiger partial charge in [0.05, 0.1) is 6.04 Å². The van der Waals surface area contributed by atoms with Crippen LogP contribution >= 0.6 is 0 Å². The first kappa shape index (κ1) is 16.9. The number of rotatable bonds is 9. The van der Waals surface area contributed by atoms with Crippen LogP contribution in [-0.2, 0) is 11.2 Å². The minimum absolute atomic E-state index is 0.186. The zero-order valence-electron chi connectivity index (χ0n) is 13.4. The summed E-state index contributed by atoms with van der Waals surface area (Å²) in [5.41, 5.74) is 2.05. The lowest BCUT2D eigenvalue weighted by Gasteiger charge is -2.29. The minimum Gasteiger partial charge on any atom is -0.297 e. The van der Waals surface area contributed by atoms with E-state index in [0.717, 1.165) is 11.1 Å². The molecule has 0 N–H and O–H groups in total. The zero-order chi connectivity index (χ0) is 16.5. The summed E-state index contributed by atoms with van der Waals surface area (Å²) in [4.78, 5) is 15.1. The van der Waals surface area contributed by atoms with Crippen LogP contribution in [-0.4, -0.2) is 23.8 Å². The molecule has 0 bridgehead atoms. The Labute approximate surface area is 138 Å². The van der Waals surface area contributed by atoms with E-state index in [1.807, 2.05) is 72.8 Å². The van der Waals surface area contributed by atoms with Gasteiger partial charge in [-0.15, -0.1) is 13.2 Å². The van der Waals surface area contributed by atoms with Gasteiger partial charge in [-0.25, -0.2) is 0 Å². The third kappa shape index (κ3) is 4.76. The van der Waals surface area contributed by atoms with Crippen molar-refractivity contribution in [3.8, 4) is 0 Å². The van der Waals surface area contributed by atoms with Gasteiger partial charge in [0.25, 0.3) is 0 Å². The second-order valence-corrected chi connectivity index (χ2v) is 5.47. The van der Waals surface area contributed by atoms with Crippen molar-refractivity contribution in [1.29, 1.82) is 0 Å². The molecule has 1 atom stereocenters. The van der Waals surface area contributed by atoms with Crippen LogP contribution in [0.25, 0.3) is 0 Å². The second kappa shape index (κ2) is 8.86. The number of ketones is 1. The van der Waals surface area contributed by atoms with Crippen molar-refractivity contribution in [3.63, 3.8) is 0 Å². The topological polar surface area (TPSA) is 20.3 Å². The third-order valence-corrected chi connectivity index (χ3v) is 3.73. The maximum atomic E-state index is 13.0. The summed E-state index contributed by atoms with van der Waals surface area (Å²) in [6.45, 7) is 8.92. The molecule has 2 nitrogen and oxygen atoms in total. The lowest BCUT2D eigenvalue weighted by Crippen LogP contribution is -2.35. The standard InChI is InChI=1S/C21H23NO/c1-3-15-22(16-4-2)21(19-13-9-6-10-14-19)20(23)17-18-11-7-5-8-12-18/h3-14,21H,1-2,15-17H2/t21-/m0/s1. The van der Waals surface area contributed by atoms with Crippen molar-refractivity contribution in [2.45, 2.75) is 12.5 Å². The van der Waals surface area contributed by atoms with Crippen LogP contribution in [0.5, 0.6) is 0 Å². The predicted molar refractivity (Wildman–Crippen MR) is 96.3 cm³/mol. The molecule has 23 heavy (non-hydrogen) atoms. The lowest BCUT2D eigenvalue weighted by molar-refractivity contribution is -0.123. The van der Waals surface area contributed by atoms with Crippen molar-refractivity contribution >= 4 is 5.78 Å². The fourth-order valence-electron chi connectivity index (χ4n) is 2.75. The summed E-state index contributed by atoms with van der Waals surface area (Å²) in [7, 11) is 0. The molecule has 0 spiro atoms. The average molecular weight is 305 g/mol. The van der Waals surface area contributed by atoms with Gasteiger partial charge in [0.1, 0.15) is 0 Å². The predicted octanol–water partition coefficient (Wildman–Crippen LogP) is 4.21. The van der Waals surface area contributed by atoms with Crippen LogP contribution in [0.1, 0.15) is 17.2 Å². The highest BCUT2D eigenvalue weighted by atomic mass is 16.1. The van der Waals surface area contributed by atoms with E-state index in [0.29, 0.717) is 19.5 Å². The third-order valence-electron chi connectivity index (χ3n) is 3.73. The fourth-order valence-corrected chi connectivity index (χ4v) is 2.75. The van der Waals surface area contributed by atoms with Gasteiger partial charge >= 0.3 is 0 Å². The van der Waals surface area contributed by atoms with Gasteiger partial charge in [-0.05, 0) is 11.1 Å². The first-order chi connectivity index (χ1) is 11.3. The number of benzene rings is 2. The Morgan fingerprint density at radius 1 is 0.913 bits per heavy atom. The summed E-state index contributed by atoms with van der Waals surface area (Å²) in [5.74, 6) is 0.186. The molecule has 2 heteroatoms. The van der Waals surface area contributed by atoms with E-state index < -0.39 is 0 Å². The molecule has 0 saturated heterocycles. The van der Waals surface area contributed by atoms with E-state index in [-0.39, 0.29) is 11.8 Å². The first-order valence-corrected chi connectivity index (χ1v) is 7.83. The lowest BCUT2D eigenvalue weighted by atomic mass is 9.96. The number of hydrogen-bond donors (Lipinski definition) is 0. The Balaban J connectivity index is 2.30. The molecule has 0 aliphatic heterocycles. The number of hydrogen-bond acceptors (Lipinski definition) is 2. The maximum absolute atomic E-state index is 13.0. The summed E-state index contributed by atoms with van der Waals surface area (Å²) in [6.07, 6.45) is 4.08. The smallest absolute Gasteiger partial charge is 0.158 e. The molecule has 0 aliphatic rings. The number of nitrogens with zero attached hydrogens (tertiary/aromatic N) is 1. The zero-order valence-corrected chi connectivity index (χ0v) is 13.4. The Bertz CT molecular complexity index is 623. The molecule has 0 aliphatic carbocycles. The fraction of sp³-hybridized carbons (Fsp3) is 0.190. The molecule has 0 saturated carbocycles. The van der Waals surface area contributed by atoms with Crippen molar-refractivity contribution in [1.82, 2.24) is 4.90 Å². The molecule has 0 aromatic heterocycles. The van der Waals surface area contributed by atoms with Crippen LogP contribution in [0.4, 0.5) is 0 Å². The van der Waals surface area contributed by atoms with Crippen LogP contribution in [0, 0.1) is 0 Å². The van der Waals surface area contributed by atoms with Crippen molar-refractivity contribution in [2.24, 2.45) is 0 Å². The molecule has 2 aromatic rings. The summed E-state index contributed by atoms with van der Waals surface area (Å²) >= 11 is 0. The van der Waals surface area contributed by atoms with Crippen LogP contribution in [0.2, 0.25) is 0 Å². The van der Waals surface area contributed by atoms with E-state index in [1.54, 1.807) is 0 Å². The van der Waals surface area contributed by atoms with Gasteiger partial charge in [-0.3, -0.25) is 9.69 Å². The molecule has 0 heterocycles. The monoisotopic (exact) mass is 305 g/mol. The molecule has 0 fully saturated rings. The Hall–Kier alpha value is -2.45. The second-order valence-electron chi connectivity index (χ2n) is 5.47. The van der Waals surface area contributed by atoms with Crippen molar-refractivity contribution < 1.29 is 4.79 Å². The highest BCUT2D eigenvalue weighted by Crippen LogP contribution is 2.23. The number of carbonyl (C=O) groups is 1. The van der Waals surface area contributed by atoms with Gasteiger partial charge in [0.15, 0.2) is 5.78 Å². The van der Waals surface area contributed by atoms with Gasteiger partial charge in [-0.1, -0.05) is 72.8 Å². The van der Waals surface area contributed by atoms with Gasteiger partial charge < -0.3 is 0 Å². The highest BCUT2D eigenvalue weighted by molar-refractivity contribution is 5.87. The quantitative estimate of drug-likeness (QED) is 0.647. The van der Waals surface area contributed by atoms with E-state index in [2.05, 4.69) is 18.1 Å². The normalized spacial score (nSPS) is 11.9. The SMILES string of the molecule is C=CCN(CC=C)[C@H](C(=O)Cc1ccccc1)c1ccccc1. The molecule has 0 radical (unpaired) electrons. The summed E-state index contributed by atoms with van der Waals surface area (Å²) < 4.78 is 0. The summed E-state index contributed by atoms with van der Waals surface area (Å²) in [6, 6.07) is 19.5. The van der Waals surface area contributed by atoms with Crippen LogP contribution < -0.4 is 0 Å². The van der Waals surface area contributed by atoms with E-state index in [4.69, 9.17) is 0 Å². The molecular weight excluding hydrogens is 282 g/mol. The maximum Gasteiger partial charge on any atom is 0.158 e. The first-order valence-electron chi connectivity index (χ1n) is 7.83. The Morgan fingerprint density at radius 2 is 1.43 bits per heavy atom. The highest BCUT2D eigenvalue weighted by Gasteiger charge is 2.26. The largest absolute Gasteiger partial charge is 0.297 e. The molecule has 2 rings (SSSR count). The van der Waals surface area contributed by atoms with Crippen molar-refractivity contribution in [3.05, 3.63) is 97.1 Å². The van der Waals surface area contributed by atoms with E-state index in [9.17, 15) is 4.79 Å². The van der Waals surface area contributed by atoms with Crippen LogP contribution in [0.15, 0.2) is 86.0 Å². The molecular formula is C21H23NO. The van der Waals surface area contributed by atoms with Crippen LogP contribution in [0.3, 0.4) is 0 Å². The minimum atomic E-state index is -0.285. The molecule has 118 valence electrons. The molecule has 0 unspecified atom stereocenters. The number of Topliss-reactive ketones (excluding diaryl/α,β-unsaturated/α-hetero) is 1. The van der Waals surface area contributed by atoms with E-state index in [1.165, 1.54) is 0 Å². The Morgan fingerprint density at radius 3 is 1.96 bits per heavy atom. The molecule has 2 aromatic carbocycles. The average Bonchev–Trinajstić information content (AvgIpc) is 2.57. The van der Waals surface area contributed by atoms with Gasteiger partial charge in [-0.2, -0.15) is 0 Å².